The molecule has 1 amide bonds. The largest absolute Gasteiger partial charge is 0.350 e. The Bertz CT molecular complexity index is 1510. The first kappa shape index (κ1) is 20.7. The second-order valence-corrected chi connectivity index (χ2v) is 7.62. The average molecular weight is 461 g/mol. The van der Waals surface area contributed by atoms with Gasteiger partial charge in [0, 0.05) is 23.3 Å². The zero-order valence-electron chi connectivity index (χ0n) is 17.2. The number of amides is 1. The minimum absolute atomic E-state index is 0.222. The Morgan fingerprint density at radius 3 is 2.64 bits per heavy atom. The van der Waals surface area contributed by atoms with Crippen molar-refractivity contribution in [2.24, 2.45) is 0 Å². The van der Waals surface area contributed by atoms with Crippen molar-refractivity contribution >= 4 is 23.2 Å². The molecule has 2 aromatic carbocycles. The number of hydrogen-bond donors (Lipinski definition) is 1. The molecule has 0 bridgehead atoms. The summed E-state index contributed by atoms with van der Waals surface area (Å²) in [6.45, 7) is -0.000366. The van der Waals surface area contributed by atoms with Crippen LogP contribution in [0.4, 0.5) is 0 Å². The predicted molar refractivity (Wildman–Crippen MR) is 121 cm³/mol. The fraction of sp³-hybridized carbons (Fsp3) is 0.0870. The molecule has 0 atom stereocenters. The van der Waals surface area contributed by atoms with Crippen LogP contribution < -0.4 is 11.0 Å². The van der Waals surface area contributed by atoms with Gasteiger partial charge in [-0.3, -0.25) is 4.79 Å². The van der Waals surface area contributed by atoms with Crippen LogP contribution >= 0.6 is 11.6 Å². The summed E-state index contributed by atoms with van der Waals surface area (Å²) in [5.74, 6) is 0.277. The lowest BCUT2D eigenvalue weighted by Gasteiger charge is -2.06. The Morgan fingerprint density at radius 1 is 1.03 bits per heavy atom. The Kier molecular flexibility index (Phi) is 5.45. The van der Waals surface area contributed by atoms with Gasteiger partial charge >= 0.3 is 5.69 Å². The van der Waals surface area contributed by atoms with Gasteiger partial charge in [0.05, 0.1) is 5.56 Å². The van der Waals surface area contributed by atoms with Crippen LogP contribution in [0.15, 0.2) is 82.2 Å². The summed E-state index contributed by atoms with van der Waals surface area (Å²) >= 11 is 6.12. The third kappa shape index (κ3) is 4.13. The number of nitrogens with one attached hydrogen (secondary N) is 1. The topological polar surface area (TPSA) is 107 Å². The molecule has 0 aliphatic carbocycles. The van der Waals surface area contributed by atoms with Crippen molar-refractivity contribution in [1.82, 2.24) is 29.6 Å². The number of hydrogen-bond acceptors (Lipinski definition) is 6. The maximum Gasteiger partial charge on any atom is 0.350 e. The number of aromatic nitrogens is 5. The number of carbonyl (C=O) groups excluding carboxylic acids is 1. The summed E-state index contributed by atoms with van der Waals surface area (Å²) in [5.41, 5.74) is 1.92. The first-order valence-corrected chi connectivity index (χ1v) is 10.5. The summed E-state index contributed by atoms with van der Waals surface area (Å²) in [4.78, 5) is 29.7. The molecule has 33 heavy (non-hydrogen) atoms. The van der Waals surface area contributed by atoms with E-state index in [0.717, 1.165) is 15.8 Å². The molecule has 0 aliphatic rings. The molecule has 3 heterocycles. The third-order valence-corrected chi connectivity index (χ3v) is 5.39. The van der Waals surface area contributed by atoms with Gasteiger partial charge in [-0.25, -0.2) is 13.9 Å². The van der Waals surface area contributed by atoms with E-state index in [-0.39, 0.29) is 24.9 Å². The van der Waals surface area contributed by atoms with E-state index in [0.29, 0.717) is 22.1 Å². The van der Waals surface area contributed by atoms with E-state index in [1.807, 2.05) is 48.5 Å². The van der Waals surface area contributed by atoms with Gasteiger partial charge in [0.1, 0.15) is 6.54 Å². The van der Waals surface area contributed by atoms with Crippen LogP contribution in [0.5, 0.6) is 0 Å². The van der Waals surface area contributed by atoms with E-state index in [9.17, 15) is 9.59 Å². The molecule has 5 rings (SSSR count). The highest BCUT2D eigenvalue weighted by atomic mass is 35.5. The molecule has 0 radical (unpaired) electrons. The highest BCUT2D eigenvalue weighted by Crippen LogP contribution is 2.24. The Balaban J connectivity index is 1.40. The number of nitrogens with zero attached hydrogens (tertiary/aromatic N) is 5. The van der Waals surface area contributed by atoms with E-state index in [2.05, 4.69) is 20.6 Å². The first-order chi connectivity index (χ1) is 16.1. The van der Waals surface area contributed by atoms with Gasteiger partial charge in [0.2, 0.25) is 11.7 Å². The quantitative estimate of drug-likeness (QED) is 0.417. The summed E-state index contributed by atoms with van der Waals surface area (Å²) in [5, 5.41) is 11.7. The van der Waals surface area contributed by atoms with Gasteiger partial charge < -0.3 is 9.84 Å². The van der Waals surface area contributed by atoms with Crippen LogP contribution in [0, 0.1) is 0 Å². The number of benzene rings is 2. The standard InChI is InChI=1S/C23H17ClN6O3/c24-18-11-5-4-9-16(18)13-25-19(31)14-30-23(32)29-12-6-10-17(21(29)27-30)22-26-20(28-33-22)15-7-2-1-3-8-15/h1-12H,13-14H2,(H,25,31). The normalized spacial score (nSPS) is 11.1. The van der Waals surface area contributed by atoms with Gasteiger partial charge in [-0.2, -0.15) is 4.98 Å². The van der Waals surface area contributed by atoms with E-state index in [1.54, 1.807) is 24.4 Å². The van der Waals surface area contributed by atoms with Crippen molar-refractivity contribution in [3.05, 3.63) is 94.0 Å². The summed E-state index contributed by atoms with van der Waals surface area (Å²) < 4.78 is 7.85. The van der Waals surface area contributed by atoms with Crippen molar-refractivity contribution in [1.29, 1.82) is 0 Å². The second-order valence-electron chi connectivity index (χ2n) is 7.21. The van der Waals surface area contributed by atoms with E-state index in [4.69, 9.17) is 16.1 Å². The number of pyridine rings is 1. The maximum absolute atomic E-state index is 12.8. The number of carbonyl (C=O) groups is 1. The van der Waals surface area contributed by atoms with Crippen molar-refractivity contribution in [3.8, 4) is 22.8 Å². The molecule has 0 saturated heterocycles. The molecule has 9 nitrogen and oxygen atoms in total. The molecule has 0 saturated carbocycles. The molecule has 1 N–H and O–H groups in total. The minimum Gasteiger partial charge on any atom is -0.350 e. The van der Waals surface area contributed by atoms with Gasteiger partial charge in [-0.15, -0.1) is 5.10 Å². The highest BCUT2D eigenvalue weighted by Gasteiger charge is 2.18. The van der Waals surface area contributed by atoms with Crippen LogP contribution in [-0.2, 0) is 17.9 Å². The Morgan fingerprint density at radius 2 is 1.82 bits per heavy atom. The van der Waals surface area contributed by atoms with Crippen molar-refractivity contribution < 1.29 is 9.32 Å². The SMILES string of the molecule is O=C(Cn1nc2c(-c3nc(-c4ccccc4)no3)cccn2c1=O)NCc1ccccc1Cl. The van der Waals surface area contributed by atoms with Crippen LogP contribution in [0.25, 0.3) is 28.5 Å². The lowest BCUT2D eigenvalue weighted by Crippen LogP contribution is -2.32. The zero-order valence-corrected chi connectivity index (χ0v) is 17.9. The van der Waals surface area contributed by atoms with Crippen molar-refractivity contribution in [2.75, 3.05) is 0 Å². The summed E-state index contributed by atoms with van der Waals surface area (Å²) in [6.07, 6.45) is 1.57. The molecule has 3 aromatic heterocycles. The minimum atomic E-state index is -0.456. The Hall–Kier alpha value is -4.24. The molecular weight excluding hydrogens is 444 g/mol. The molecule has 0 unspecified atom stereocenters. The van der Waals surface area contributed by atoms with E-state index < -0.39 is 5.69 Å². The van der Waals surface area contributed by atoms with Gasteiger partial charge in [-0.1, -0.05) is 65.3 Å². The lowest BCUT2D eigenvalue weighted by atomic mass is 10.2. The summed E-state index contributed by atoms with van der Waals surface area (Å²) in [6, 6.07) is 20.0. The van der Waals surface area contributed by atoms with E-state index >= 15 is 0 Å². The monoisotopic (exact) mass is 460 g/mol. The smallest absolute Gasteiger partial charge is 0.350 e. The van der Waals surface area contributed by atoms with E-state index in [1.165, 1.54) is 4.40 Å². The molecule has 164 valence electrons. The lowest BCUT2D eigenvalue weighted by molar-refractivity contribution is -0.122. The third-order valence-electron chi connectivity index (χ3n) is 5.03. The molecule has 10 heteroatoms. The van der Waals surface area contributed by atoms with Gasteiger partial charge in [0.25, 0.3) is 5.89 Å². The van der Waals surface area contributed by atoms with Crippen molar-refractivity contribution in [3.63, 3.8) is 0 Å². The molecular formula is C23H17ClN6O3. The zero-order chi connectivity index (χ0) is 22.8. The molecule has 5 aromatic rings. The predicted octanol–water partition coefficient (Wildman–Crippen LogP) is 3.18. The fourth-order valence-corrected chi connectivity index (χ4v) is 3.58. The number of halogens is 1. The molecule has 0 aliphatic heterocycles. The molecule has 0 fully saturated rings. The number of rotatable bonds is 6. The van der Waals surface area contributed by atoms with Crippen LogP contribution in [0.1, 0.15) is 5.56 Å². The highest BCUT2D eigenvalue weighted by molar-refractivity contribution is 6.31. The van der Waals surface area contributed by atoms with Crippen LogP contribution in [0.3, 0.4) is 0 Å². The maximum atomic E-state index is 12.8. The van der Waals surface area contributed by atoms with Crippen molar-refractivity contribution in [2.45, 2.75) is 13.1 Å². The van der Waals surface area contributed by atoms with Gasteiger partial charge in [-0.05, 0) is 23.8 Å². The molecule has 0 spiro atoms. The Labute approximate surface area is 192 Å². The average Bonchev–Trinajstić information content (AvgIpc) is 3.45. The van der Waals surface area contributed by atoms with Crippen LogP contribution in [-0.4, -0.2) is 30.2 Å². The second kappa shape index (κ2) is 8.71. The first-order valence-electron chi connectivity index (χ1n) is 10.1. The number of fused-ring (bicyclic) bond motifs is 1. The fourth-order valence-electron chi connectivity index (χ4n) is 3.37. The van der Waals surface area contributed by atoms with Gasteiger partial charge in [0.15, 0.2) is 5.65 Å². The van der Waals surface area contributed by atoms with Crippen LogP contribution in [0.2, 0.25) is 5.02 Å². The summed E-state index contributed by atoms with van der Waals surface area (Å²) in [7, 11) is 0.